The number of ether oxygens (including phenoxy) is 1. The van der Waals surface area contributed by atoms with Gasteiger partial charge in [-0.1, -0.05) is 0 Å². The standard InChI is InChI=1S/C15H14F2N2O4S/c1-15(2,3)23-14(20)10-11(18-24-12(10)13(16)17)8-4-6-9(7-5-8)19(21)22/h4-7,13H,1-3H3. The van der Waals surface area contributed by atoms with Crippen molar-refractivity contribution in [2.45, 2.75) is 32.8 Å². The molecule has 0 unspecified atom stereocenters. The van der Waals surface area contributed by atoms with Gasteiger partial charge in [0.25, 0.3) is 12.1 Å². The molecule has 0 aliphatic heterocycles. The topological polar surface area (TPSA) is 82.3 Å². The number of rotatable bonds is 4. The van der Waals surface area contributed by atoms with Crippen LogP contribution in [0.3, 0.4) is 0 Å². The summed E-state index contributed by atoms with van der Waals surface area (Å²) in [6.45, 7) is 4.87. The van der Waals surface area contributed by atoms with Crippen molar-refractivity contribution in [1.82, 2.24) is 4.37 Å². The molecule has 6 nitrogen and oxygen atoms in total. The first-order valence-corrected chi connectivity index (χ1v) is 7.63. The van der Waals surface area contributed by atoms with Crippen LogP contribution < -0.4 is 0 Å². The molecule has 0 atom stereocenters. The van der Waals surface area contributed by atoms with E-state index in [0.29, 0.717) is 17.1 Å². The van der Waals surface area contributed by atoms with E-state index >= 15 is 0 Å². The molecule has 9 heteroatoms. The van der Waals surface area contributed by atoms with Crippen LogP contribution in [0.25, 0.3) is 11.3 Å². The third-order valence-electron chi connectivity index (χ3n) is 2.87. The molecule has 128 valence electrons. The predicted molar refractivity (Wildman–Crippen MR) is 84.3 cm³/mol. The van der Waals surface area contributed by atoms with Crippen LogP contribution in [0.4, 0.5) is 14.5 Å². The van der Waals surface area contributed by atoms with E-state index in [9.17, 15) is 23.7 Å². The van der Waals surface area contributed by atoms with Crippen LogP contribution in [0.2, 0.25) is 0 Å². The zero-order valence-electron chi connectivity index (χ0n) is 13.1. The van der Waals surface area contributed by atoms with Gasteiger partial charge >= 0.3 is 5.97 Å². The summed E-state index contributed by atoms with van der Waals surface area (Å²) in [6, 6.07) is 5.15. The highest BCUT2D eigenvalue weighted by atomic mass is 32.1. The van der Waals surface area contributed by atoms with Gasteiger partial charge in [-0.05, 0) is 44.4 Å². The molecule has 0 N–H and O–H groups in total. The largest absolute Gasteiger partial charge is 0.456 e. The van der Waals surface area contributed by atoms with Crippen molar-refractivity contribution in [3.8, 4) is 11.3 Å². The van der Waals surface area contributed by atoms with E-state index in [-0.39, 0.29) is 16.9 Å². The van der Waals surface area contributed by atoms with Crippen molar-refractivity contribution >= 4 is 23.2 Å². The molecule has 2 rings (SSSR count). The smallest absolute Gasteiger partial charge is 0.342 e. The average Bonchev–Trinajstić information content (AvgIpc) is 2.90. The quantitative estimate of drug-likeness (QED) is 0.454. The number of nitro groups is 1. The van der Waals surface area contributed by atoms with E-state index in [1.54, 1.807) is 20.8 Å². The SMILES string of the molecule is CC(C)(C)OC(=O)c1c(-c2ccc([N+](=O)[O-])cc2)nsc1C(F)F. The summed E-state index contributed by atoms with van der Waals surface area (Å²) >= 11 is 0.509. The number of non-ortho nitro benzene ring substituents is 1. The fraction of sp³-hybridized carbons (Fsp3) is 0.333. The number of nitro benzene ring substituents is 1. The summed E-state index contributed by atoms with van der Waals surface area (Å²) in [4.78, 5) is 21.9. The van der Waals surface area contributed by atoms with Gasteiger partial charge in [-0.3, -0.25) is 10.1 Å². The van der Waals surface area contributed by atoms with Crippen molar-refractivity contribution in [2.24, 2.45) is 0 Å². The van der Waals surface area contributed by atoms with Crippen molar-refractivity contribution in [2.75, 3.05) is 0 Å². The van der Waals surface area contributed by atoms with Crippen molar-refractivity contribution in [3.63, 3.8) is 0 Å². The molecule has 0 saturated heterocycles. The van der Waals surface area contributed by atoms with Gasteiger partial charge in [0.15, 0.2) is 0 Å². The van der Waals surface area contributed by atoms with E-state index in [2.05, 4.69) is 4.37 Å². The first kappa shape index (κ1) is 17.9. The molecule has 24 heavy (non-hydrogen) atoms. The van der Waals surface area contributed by atoms with Crippen LogP contribution in [-0.2, 0) is 4.74 Å². The molecular weight excluding hydrogens is 342 g/mol. The van der Waals surface area contributed by atoms with Gasteiger partial charge in [-0.2, -0.15) is 4.37 Å². The molecule has 1 aromatic carbocycles. The highest BCUT2D eigenvalue weighted by molar-refractivity contribution is 7.06. The minimum atomic E-state index is -2.88. The Balaban J connectivity index is 2.50. The summed E-state index contributed by atoms with van der Waals surface area (Å²) in [5, 5.41) is 10.7. The van der Waals surface area contributed by atoms with Crippen molar-refractivity contribution < 1.29 is 23.2 Å². The first-order valence-electron chi connectivity index (χ1n) is 6.86. The lowest BCUT2D eigenvalue weighted by Gasteiger charge is -2.20. The second kappa shape index (κ2) is 6.60. The predicted octanol–water partition coefficient (Wildman–Crippen LogP) is 4.61. The van der Waals surface area contributed by atoms with Gasteiger partial charge in [0.1, 0.15) is 16.0 Å². The number of nitrogens with zero attached hydrogens (tertiary/aromatic N) is 2. The molecule has 0 aliphatic carbocycles. The second-order valence-electron chi connectivity index (χ2n) is 5.88. The summed E-state index contributed by atoms with van der Waals surface area (Å²) in [7, 11) is 0. The Bertz CT molecular complexity index is 767. The second-order valence-corrected chi connectivity index (χ2v) is 6.68. The number of esters is 1. The number of alkyl halides is 2. The summed E-state index contributed by atoms with van der Waals surface area (Å²) < 4.78 is 35.5. The van der Waals surface area contributed by atoms with E-state index in [0.717, 1.165) is 0 Å². The lowest BCUT2D eigenvalue weighted by molar-refractivity contribution is -0.384. The molecule has 0 fully saturated rings. The Hall–Kier alpha value is -2.42. The Kier molecular flexibility index (Phi) is 4.93. The van der Waals surface area contributed by atoms with E-state index < -0.39 is 27.8 Å². The average molecular weight is 356 g/mol. The molecule has 1 heterocycles. The lowest BCUT2D eigenvalue weighted by atomic mass is 10.1. The normalized spacial score (nSPS) is 11.6. The lowest BCUT2D eigenvalue weighted by Crippen LogP contribution is -2.24. The van der Waals surface area contributed by atoms with Gasteiger partial charge < -0.3 is 4.74 Å². The number of hydrogen-bond donors (Lipinski definition) is 0. The number of carbonyl (C=O) groups is 1. The number of carbonyl (C=O) groups excluding carboxylic acids is 1. The molecule has 2 aromatic rings. The van der Waals surface area contributed by atoms with E-state index in [4.69, 9.17) is 4.74 Å². The number of hydrogen-bond acceptors (Lipinski definition) is 6. The van der Waals surface area contributed by atoms with Crippen molar-refractivity contribution in [3.05, 3.63) is 44.8 Å². The third-order valence-corrected chi connectivity index (χ3v) is 3.72. The van der Waals surface area contributed by atoms with Gasteiger partial charge in [0.05, 0.1) is 10.6 Å². The zero-order chi connectivity index (χ0) is 18.1. The van der Waals surface area contributed by atoms with Gasteiger partial charge in [-0.25, -0.2) is 13.6 Å². The van der Waals surface area contributed by atoms with Crippen LogP contribution in [0.5, 0.6) is 0 Å². The molecule has 0 radical (unpaired) electrons. The molecule has 0 saturated carbocycles. The summed E-state index contributed by atoms with van der Waals surface area (Å²) in [5.74, 6) is -0.903. The number of benzene rings is 1. The first-order chi connectivity index (χ1) is 11.1. The fourth-order valence-electron chi connectivity index (χ4n) is 1.92. The van der Waals surface area contributed by atoms with Crippen molar-refractivity contribution in [1.29, 1.82) is 0 Å². The highest BCUT2D eigenvalue weighted by Crippen LogP contribution is 2.36. The maximum atomic E-state index is 13.2. The van der Waals surface area contributed by atoms with Crippen LogP contribution in [0.15, 0.2) is 24.3 Å². The Morgan fingerprint density at radius 2 is 1.88 bits per heavy atom. The van der Waals surface area contributed by atoms with E-state index in [1.165, 1.54) is 24.3 Å². The third kappa shape index (κ3) is 3.91. The summed E-state index contributed by atoms with van der Waals surface area (Å²) in [6.07, 6.45) is -2.88. The number of aromatic nitrogens is 1. The Morgan fingerprint density at radius 1 is 1.29 bits per heavy atom. The van der Waals surface area contributed by atoms with Crippen LogP contribution >= 0.6 is 11.5 Å². The van der Waals surface area contributed by atoms with Crippen LogP contribution in [0, 0.1) is 10.1 Å². The van der Waals surface area contributed by atoms with Crippen LogP contribution in [0.1, 0.15) is 42.4 Å². The maximum absolute atomic E-state index is 13.2. The Labute approximate surface area is 140 Å². The van der Waals surface area contributed by atoms with Gasteiger partial charge in [0, 0.05) is 17.7 Å². The van der Waals surface area contributed by atoms with Gasteiger partial charge in [0.2, 0.25) is 0 Å². The highest BCUT2D eigenvalue weighted by Gasteiger charge is 2.30. The molecule has 1 aromatic heterocycles. The summed E-state index contributed by atoms with van der Waals surface area (Å²) in [5.41, 5.74) is -0.963. The molecule has 0 aliphatic rings. The molecule has 0 bridgehead atoms. The molecule has 0 spiro atoms. The monoisotopic (exact) mass is 356 g/mol. The molecule has 0 amide bonds. The number of halogens is 2. The Morgan fingerprint density at radius 3 is 2.33 bits per heavy atom. The zero-order valence-corrected chi connectivity index (χ0v) is 13.9. The minimum absolute atomic E-state index is 0.0273. The van der Waals surface area contributed by atoms with E-state index in [1.807, 2.05) is 0 Å². The fourth-order valence-corrected chi connectivity index (χ4v) is 2.65. The van der Waals surface area contributed by atoms with Gasteiger partial charge in [-0.15, -0.1) is 0 Å². The molecular formula is C15H14F2N2O4S. The maximum Gasteiger partial charge on any atom is 0.342 e. The van der Waals surface area contributed by atoms with Crippen LogP contribution in [-0.4, -0.2) is 20.9 Å². The minimum Gasteiger partial charge on any atom is -0.456 e.